The van der Waals surface area contributed by atoms with Crippen LogP contribution in [0, 0.1) is 0 Å². The molecule has 31 heavy (non-hydrogen) atoms. The minimum absolute atomic E-state index is 0.0466. The lowest BCUT2D eigenvalue weighted by Crippen LogP contribution is -2.32. The number of rotatable bonds is 7. The molecule has 0 radical (unpaired) electrons. The van der Waals surface area contributed by atoms with Crippen molar-refractivity contribution in [3.8, 4) is 5.75 Å². The molecule has 0 atom stereocenters. The van der Waals surface area contributed by atoms with Gasteiger partial charge in [0.2, 0.25) is 0 Å². The van der Waals surface area contributed by atoms with Gasteiger partial charge in [-0.15, -0.1) is 0 Å². The van der Waals surface area contributed by atoms with Crippen molar-refractivity contribution in [3.63, 3.8) is 0 Å². The number of carbonyl (C=O) groups is 2. The number of nitrogens with two attached hydrogens (primary N) is 1. The molecular weight excluding hydrogens is 445 g/mol. The summed E-state index contributed by atoms with van der Waals surface area (Å²) < 4.78 is 5.16. The van der Waals surface area contributed by atoms with Gasteiger partial charge in [-0.3, -0.25) is 31.3 Å². The van der Waals surface area contributed by atoms with Crippen LogP contribution in [-0.4, -0.2) is 28.9 Å². The van der Waals surface area contributed by atoms with Gasteiger partial charge in [0.25, 0.3) is 11.8 Å². The van der Waals surface area contributed by atoms with Gasteiger partial charge in [0, 0.05) is 5.02 Å². The standard InChI is InChI=1S/C19H17Cl2N7O3/c1-31-14-5-3-2-4-12(14)19(30)28-26-17-15(22)16(23-9-24-17)25-27-18(29)11-7-6-10(20)8-13(11)21/h2-9H,22H2,1H3,(H,27,29)(H,28,30)(H2,23,24,25,26). The summed E-state index contributed by atoms with van der Waals surface area (Å²) in [6.07, 6.45) is 1.19. The Hall–Kier alpha value is -3.76. The highest BCUT2D eigenvalue weighted by Gasteiger charge is 2.15. The summed E-state index contributed by atoms with van der Waals surface area (Å²) >= 11 is 11.9. The zero-order valence-electron chi connectivity index (χ0n) is 16.1. The number of aromatic nitrogens is 2. The average molecular weight is 462 g/mol. The van der Waals surface area contributed by atoms with E-state index in [9.17, 15) is 9.59 Å². The third-order valence-corrected chi connectivity index (χ3v) is 4.55. The summed E-state index contributed by atoms with van der Waals surface area (Å²) in [6, 6.07) is 11.2. The molecule has 1 heterocycles. The van der Waals surface area contributed by atoms with Gasteiger partial charge in [-0.1, -0.05) is 35.3 Å². The minimum Gasteiger partial charge on any atom is -0.496 e. The van der Waals surface area contributed by atoms with Gasteiger partial charge in [-0.05, 0) is 30.3 Å². The van der Waals surface area contributed by atoms with Crippen LogP contribution in [0.3, 0.4) is 0 Å². The van der Waals surface area contributed by atoms with Crippen molar-refractivity contribution in [2.45, 2.75) is 0 Å². The summed E-state index contributed by atoms with van der Waals surface area (Å²) in [4.78, 5) is 32.6. The fourth-order valence-electron chi connectivity index (χ4n) is 2.47. The molecule has 0 fully saturated rings. The van der Waals surface area contributed by atoms with Gasteiger partial charge in [-0.25, -0.2) is 9.97 Å². The minimum atomic E-state index is -0.529. The van der Waals surface area contributed by atoms with Crippen molar-refractivity contribution in [3.05, 3.63) is 70.0 Å². The first kappa shape index (κ1) is 21.9. The topological polar surface area (TPSA) is 143 Å². The molecule has 0 aliphatic rings. The van der Waals surface area contributed by atoms with E-state index in [1.54, 1.807) is 24.3 Å². The quantitative estimate of drug-likeness (QED) is 0.338. The molecule has 0 aliphatic heterocycles. The van der Waals surface area contributed by atoms with Crippen LogP contribution in [0.2, 0.25) is 10.0 Å². The Morgan fingerprint density at radius 2 is 1.55 bits per heavy atom. The molecule has 0 unspecified atom stereocenters. The van der Waals surface area contributed by atoms with E-state index in [2.05, 4.69) is 31.7 Å². The zero-order valence-corrected chi connectivity index (χ0v) is 17.6. The van der Waals surface area contributed by atoms with Gasteiger partial charge >= 0.3 is 0 Å². The molecule has 0 aliphatic carbocycles. The molecule has 0 bridgehead atoms. The van der Waals surface area contributed by atoms with Crippen LogP contribution in [0.5, 0.6) is 5.75 Å². The lowest BCUT2D eigenvalue weighted by atomic mass is 10.2. The monoisotopic (exact) mass is 461 g/mol. The third kappa shape index (κ3) is 5.24. The largest absolute Gasteiger partial charge is 0.496 e. The number of para-hydroxylation sites is 1. The molecule has 1 aromatic heterocycles. The molecule has 160 valence electrons. The smallest absolute Gasteiger partial charge is 0.273 e. The lowest BCUT2D eigenvalue weighted by Gasteiger charge is -2.14. The molecular formula is C19H17Cl2N7O3. The van der Waals surface area contributed by atoms with Crippen LogP contribution in [0.15, 0.2) is 48.8 Å². The second-order valence-electron chi connectivity index (χ2n) is 5.97. The maximum Gasteiger partial charge on any atom is 0.273 e. The van der Waals surface area contributed by atoms with E-state index in [0.29, 0.717) is 16.3 Å². The molecule has 6 N–H and O–H groups in total. The predicted octanol–water partition coefficient (Wildman–Crippen LogP) is 2.89. The van der Waals surface area contributed by atoms with E-state index in [0.717, 1.165) is 0 Å². The second kappa shape index (κ2) is 9.83. The maximum atomic E-state index is 12.4. The molecule has 0 saturated carbocycles. The molecule has 0 saturated heterocycles. The van der Waals surface area contributed by atoms with Crippen molar-refractivity contribution in [1.29, 1.82) is 0 Å². The van der Waals surface area contributed by atoms with Crippen LogP contribution in [-0.2, 0) is 0 Å². The summed E-state index contributed by atoms with van der Waals surface area (Å²) in [5, 5.41) is 0.587. The van der Waals surface area contributed by atoms with Crippen LogP contribution in [0.1, 0.15) is 20.7 Å². The number of halogens is 2. The second-order valence-corrected chi connectivity index (χ2v) is 6.81. The van der Waals surface area contributed by atoms with E-state index in [4.69, 9.17) is 33.7 Å². The number of methoxy groups -OCH3 is 1. The van der Waals surface area contributed by atoms with E-state index in [-0.39, 0.29) is 27.9 Å². The van der Waals surface area contributed by atoms with Gasteiger partial charge < -0.3 is 10.5 Å². The number of nitrogen functional groups attached to an aromatic ring is 1. The van der Waals surface area contributed by atoms with E-state index < -0.39 is 11.8 Å². The summed E-state index contributed by atoms with van der Waals surface area (Å²) in [5.74, 6) is -0.375. The Bertz CT molecular complexity index is 1130. The van der Waals surface area contributed by atoms with Crippen LogP contribution in [0.25, 0.3) is 0 Å². The van der Waals surface area contributed by atoms with Gasteiger partial charge in [0.1, 0.15) is 17.8 Å². The molecule has 2 aromatic carbocycles. The van der Waals surface area contributed by atoms with Gasteiger partial charge in [0.15, 0.2) is 11.6 Å². The Morgan fingerprint density at radius 3 is 2.16 bits per heavy atom. The lowest BCUT2D eigenvalue weighted by molar-refractivity contribution is 0.0953. The number of anilines is 3. The molecule has 3 aromatic rings. The predicted molar refractivity (Wildman–Crippen MR) is 118 cm³/mol. The maximum absolute atomic E-state index is 12.4. The molecule has 2 amide bonds. The molecule has 12 heteroatoms. The summed E-state index contributed by atoms with van der Waals surface area (Å²) in [5.41, 5.74) is 16.7. The number of hydrogen-bond acceptors (Lipinski definition) is 8. The fourth-order valence-corrected chi connectivity index (χ4v) is 2.96. The summed E-state index contributed by atoms with van der Waals surface area (Å²) in [6.45, 7) is 0. The van der Waals surface area contributed by atoms with Crippen molar-refractivity contribution in [2.75, 3.05) is 23.7 Å². The number of carbonyl (C=O) groups excluding carboxylic acids is 2. The first-order valence-electron chi connectivity index (χ1n) is 8.72. The third-order valence-electron chi connectivity index (χ3n) is 4.00. The van der Waals surface area contributed by atoms with E-state index in [1.165, 1.54) is 31.6 Å². The SMILES string of the molecule is COc1ccccc1C(=O)NNc1ncnc(NNC(=O)c2ccc(Cl)cc2Cl)c1N. The first-order chi connectivity index (χ1) is 14.9. The Morgan fingerprint density at radius 1 is 0.935 bits per heavy atom. The number of hydrogen-bond donors (Lipinski definition) is 5. The number of amides is 2. The fraction of sp³-hybridized carbons (Fsp3) is 0.0526. The van der Waals surface area contributed by atoms with Crippen molar-refractivity contribution < 1.29 is 14.3 Å². The van der Waals surface area contributed by atoms with Gasteiger partial charge in [-0.2, -0.15) is 0 Å². The van der Waals surface area contributed by atoms with Crippen LogP contribution >= 0.6 is 23.2 Å². The molecule has 0 spiro atoms. The number of ether oxygens (including phenoxy) is 1. The number of benzene rings is 2. The highest BCUT2D eigenvalue weighted by molar-refractivity contribution is 6.36. The van der Waals surface area contributed by atoms with Crippen LogP contribution in [0.4, 0.5) is 17.3 Å². The van der Waals surface area contributed by atoms with E-state index in [1.807, 2.05) is 0 Å². The first-order valence-corrected chi connectivity index (χ1v) is 9.47. The highest BCUT2D eigenvalue weighted by atomic mass is 35.5. The van der Waals surface area contributed by atoms with Crippen molar-refractivity contribution in [2.24, 2.45) is 0 Å². The molecule has 10 nitrogen and oxygen atoms in total. The van der Waals surface area contributed by atoms with Crippen molar-refractivity contribution >= 4 is 52.3 Å². The van der Waals surface area contributed by atoms with E-state index >= 15 is 0 Å². The number of hydrazine groups is 2. The Balaban J connectivity index is 1.66. The number of nitrogens with one attached hydrogen (secondary N) is 4. The highest BCUT2D eigenvalue weighted by Crippen LogP contribution is 2.23. The van der Waals surface area contributed by atoms with Crippen LogP contribution < -0.4 is 32.2 Å². The molecule has 3 rings (SSSR count). The normalized spacial score (nSPS) is 10.2. The van der Waals surface area contributed by atoms with Gasteiger partial charge in [0.05, 0.1) is 23.3 Å². The summed E-state index contributed by atoms with van der Waals surface area (Å²) in [7, 11) is 1.46. The zero-order chi connectivity index (χ0) is 22.4. The Kier molecular flexibility index (Phi) is 6.96. The average Bonchev–Trinajstić information content (AvgIpc) is 2.77. The van der Waals surface area contributed by atoms with Crippen molar-refractivity contribution in [1.82, 2.24) is 20.8 Å². The number of nitrogens with zero attached hydrogens (tertiary/aromatic N) is 2. The Labute approximate surface area is 187 Å².